The van der Waals surface area contributed by atoms with Crippen molar-refractivity contribution < 1.29 is 14.3 Å². The minimum Gasteiger partial charge on any atom is -0.469 e. The standard InChI is InChI=1S/C21H26N4O3/c1-14-23-20(22)17-13-18(26)25(21(17)24-14)10-5-3-4-7-15-8-6-9-16(11-15)12-19(27)28-2/h6,8-9,11H,3-5,7,10,12-13H2,1-2H3,(H2,22,23,24). The fraction of sp³-hybridized carbons (Fsp3) is 0.429. The topological polar surface area (TPSA) is 98.4 Å². The van der Waals surface area contributed by atoms with Crippen LogP contribution in [0.2, 0.25) is 0 Å². The van der Waals surface area contributed by atoms with Crippen LogP contribution in [-0.2, 0) is 33.6 Å². The van der Waals surface area contributed by atoms with E-state index in [4.69, 9.17) is 10.5 Å². The molecule has 3 rings (SSSR count). The third-order valence-corrected chi connectivity index (χ3v) is 4.93. The number of unbranched alkanes of at least 4 members (excludes halogenated alkanes) is 2. The number of rotatable bonds is 8. The smallest absolute Gasteiger partial charge is 0.309 e. The number of benzene rings is 1. The molecule has 0 spiro atoms. The van der Waals surface area contributed by atoms with Gasteiger partial charge in [-0.25, -0.2) is 9.97 Å². The molecule has 2 heterocycles. The summed E-state index contributed by atoms with van der Waals surface area (Å²) in [7, 11) is 1.40. The van der Waals surface area contributed by atoms with Crippen molar-refractivity contribution in [1.29, 1.82) is 0 Å². The zero-order valence-electron chi connectivity index (χ0n) is 16.4. The molecule has 0 unspecified atom stereocenters. The molecule has 0 bridgehead atoms. The van der Waals surface area contributed by atoms with Crippen LogP contribution in [0.4, 0.5) is 11.6 Å². The predicted molar refractivity (Wildman–Crippen MR) is 107 cm³/mol. The molecule has 1 amide bonds. The van der Waals surface area contributed by atoms with Crippen LogP contribution in [0.1, 0.15) is 41.8 Å². The summed E-state index contributed by atoms with van der Waals surface area (Å²) >= 11 is 0. The van der Waals surface area contributed by atoms with E-state index >= 15 is 0 Å². The largest absolute Gasteiger partial charge is 0.469 e. The number of esters is 1. The Morgan fingerprint density at radius 1 is 1.21 bits per heavy atom. The highest BCUT2D eigenvalue weighted by molar-refractivity contribution is 6.01. The number of carbonyl (C=O) groups excluding carboxylic acids is 2. The van der Waals surface area contributed by atoms with Gasteiger partial charge < -0.3 is 10.5 Å². The van der Waals surface area contributed by atoms with E-state index in [0.717, 1.165) is 36.8 Å². The Morgan fingerprint density at radius 2 is 2.00 bits per heavy atom. The van der Waals surface area contributed by atoms with Gasteiger partial charge in [0.1, 0.15) is 17.5 Å². The second-order valence-electron chi connectivity index (χ2n) is 7.06. The van der Waals surface area contributed by atoms with E-state index in [-0.39, 0.29) is 18.3 Å². The van der Waals surface area contributed by atoms with Gasteiger partial charge in [0.2, 0.25) is 5.91 Å². The average molecular weight is 382 g/mol. The van der Waals surface area contributed by atoms with Crippen LogP contribution < -0.4 is 10.6 Å². The lowest BCUT2D eigenvalue weighted by Gasteiger charge is -2.16. The summed E-state index contributed by atoms with van der Waals surface area (Å²) in [6.07, 6.45) is 4.44. The number of aryl methyl sites for hydroxylation is 2. The van der Waals surface area contributed by atoms with Gasteiger partial charge in [0, 0.05) is 12.1 Å². The average Bonchev–Trinajstić information content (AvgIpc) is 2.97. The highest BCUT2D eigenvalue weighted by Crippen LogP contribution is 2.30. The summed E-state index contributed by atoms with van der Waals surface area (Å²) in [4.78, 5) is 34.0. The van der Waals surface area contributed by atoms with Crippen LogP contribution in [0.5, 0.6) is 0 Å². The second kappa shape index (κ2) is 8.82. The molecule has 0 saturated heterocycles. The van der Waals surface area contributed by atoms with Gasteiger partial charge in [-0.1, -0.05) is 30.7 Å². The van der Waals surface area contributed by atoms with Crippen LogP contribution in [-0.4, -0.2) is 35.5 Å². The maximum atomic E-state index is 12.3. The summed E-state index contributed by atoms with van der Waals surface area (Å²) in [5.41, 5.74) is 8.86. The summed E-state index contributed by atoms with van der Waals surface area (Å²) in [5.74, 6) is 1.47. The van der Waals surface area contributed by atoms with E-state index in [1.165, 1.54) is 12.7 Å². The monoisotopic (exact) mass is 382 g/mol. The molecule has 1 aliphatic rings. The van der Waals surface area contributed by atoms with E-state index in [9.17, 15) is 9.59 Å². The number of anilines is 2. The number of ether oxygens (including phenoxy) is 1. The molecule has 1 aliphatic heterocycles. The van der Waals surface area contributed by atoms with Crippen LogP contribution >= 0.6 is 0 Å². The maximum Gasteiger partial charge on any atom is 0.309 e. The number of fused-ring (bicyclic) bond motifs is 1. The highest BCUT2D eigenvalue weighted by atomic mass is 16.5. The van der Waals surface area contributed by atoms with Crippen molar-refractivity contribution in [2.45, 2.75) is 45.4 Å². The molecule has 2 N–H and O–H groups in total. The Kier molecular flexibility index (Phi) is 6.23. The number of aromatic nitrogens is 2. The third-order valence-electron chi connectivity index (χ3n) is 4.93. The van der Waals surface area contributed by atoms with E-state index < -0.39 is 0 Å². The molecule has 0 fully saturated rings. The van der Waals surface area contributed by atoms with Crippen molar-refractivity contribution in [3.63, 3.8) is 0 Å². The Morgan fingerprint density at radius 3 is 2.79 bits per heavy atom. The summed E-state index contributed by atoms with van der Waals surface area (Å²) < 4.78 is 4.72. The van der Waals surface area contributed by atoms with Gasteiger partial charge in [0.15, 0.2) is 0 Å². The number of amides is 1. The van der Waals surface area contributed by atoms with Gasteiger partial charge in [0.05, 0.1) is 20.0 Å². The van der Waals surface area contributed by atoms with E-state index in [1.807, 2.05) is 12.1 Å². The van der Waals surface area contributed by atoms with Gasteiger partial charge in [0.25, 0.3) is 0 Å². The van der Waals surface area contributed by atoms with Crippen molar-refractivity contribution >= 4 is 23.5 Å². The fourth-order valence-corrected chi connectivity index (χ4v) is 3.50. The quantitative estimate of drug-likeness (QED) is 0.556. The zero-order valence-corrected chi connectivity index (χ0v) is 16.4. The number of hydrogen-bond donors (Lipinski definition) is 1. The highest BCUT2D eigenvalue weighted by Gasteiger charge is 2.30. The predicted octanol–water partition coefficient (Wildman–Crippen LogP) is 2.38. The first-order valence-electron chi connectivity index (χ1n) is 9.56. The minimum absolute atomic E-state index is 0.0390. The number of nitrogen functional groups attached to an aromatic ring is 1. The Bertz CT molecular complexity index is 882. The molecular formula is C21H26N4O3. The first-order valence-corrected chi connectivity index (χ1v) is 9.56. The Labute approximate surface area is 164 Å². The molecule has 0 atom stereocenters. The lowest BCUT2D eigenvalue weighted by atomic mass is 10.0. The zero-order chi connectivity index (χ0) is 20.1. The number of methoxy groups -OCH3 is 1. The van der Waals surface area contributed by atoms with Gasteiger partial charge in [-0.15, -0.1) is 0 Å². The van der Waals surface area contributed by atoms with Gasteiger partial charge in [-0.05, 0) is 37.3 Å². The van der Waals surface area contributed by atoms with Crippen molar-refractivity contribution in [1.82, 2.24) is 9.97 Å². The lowest BCUT2D eigenvalue weighted by Crippen LogP contribution is -2.28. The molecule has 28 heavy (non-hydrogen) atoms. The minimum atomic E-state index is -0.229. The number of nitrogens with zero attached hydrogens (tertiary/aromatic N) is 3. The first-order chi connectivity index (χ1) is 13.5. The van der Waals surface area contributed by atoms with E-state index in [2.05, 4.69) is 22.1 Å². The van der Waals surface area contributed by atoms with Crippen molar-refractivity contribution in [3.05, 3.63) is 46.8 Å². The normalized spacial score (nSPS) is 12.9. The molecule has 2 aromatic rings. The molecule has 7 heteroatoms. The molecular weight excluding hydrogens is 356 g/mol. The SMILES string of the molecule is COC(=O)Cc1cccc(CCCCCN2C(=O)Cc3c(N)nc(C)nc32)c1. The van der Waals surface area contributed by atoms with Crippen molar-refractivity contribution in [2.24, 2.45) is 0 Å². The number of hydrogen-bond acceptors (Lipinski definition) is 6. The van der Waals surface area contributed by atoms with E-state index in [0.29, 0.717) is 30.4 Å². The molecule has 0 saturated carbocycles. The van der Waals surface area contributed by atoms with Crippen LogP contribution in [0.15, 0.2) is 24.3 Å². The lowest BCUT2D eigenvalue weighted by molar-refractivity contribution is -0.139. The van der Waals surface area contributed by atoms with E-state index in [1.54, 1.807) is 11.8 Å². The molecule has 7 nitrogen and oxygen atoms in total. The molecule has 0 radical (unpaired) electrons. The Balaban J connectivity index is 1.48. The first kappa shape index (κ1) is 19.8. The second-order valence-corrected chi connectivity index (χ2v) is 7.06. The fourth-order valence-electron chi connectivity index (χ4n) is 3.50. The molecule has 148 valence electrons. The summed E-state index contributed by atoms with van der Waals surface area (Å²) in [6, 6.07) is 8.04. The maximum absolute atomic E-state index is 12.3. The van der Waals surface area contributed by atoms with Crippen LogP contribution in [0.3, 0.4) is 0 Å². The summed E-state index contributed by atoms with van der Waals surface area (Å²) in [6.45, 7) is 2.43. The van der Waals surface area contributed by atoms with Gasteiger partial charge in [-0.2, -0.15) is 0 Å². The van der Waals surface area contributed by atoms with Crippen LogP contribution in [0, 0.1) is 6.92 Å². The summed E-state index contributed by atoms with van der Waals surface area (Å²) in [5, 5.41) is 0. The molecule has 1 aromatic carbocycles. The van der Waals surface area contributed by atoms with Gasteiger partial charge in [-0.3, -0.25) is 14.5 Å². The van der Waals surface area contributed by atoms with Crippen molar-refractivity contribution in [3.8, 4) is 0 Å². The molecule has 1 aromatic heterocycles. The van der Waals surface area contributed by atoms with Crippen molar-refractivity contribution in [2.75, 3.05) is 24.3 Å². The van der Waals surface area contributed by atoms with Gasteiger partial charge >= 0.3 is 5.97 Å². The number of carbonyl (C=O) groups is 2. The van der Waals surface area contributed by atoms with Crippen LogP contribution in [0.25, 0.3) is 0 Å². The molecule has 0 aliphatic carbocycles. The Hall–Kier alpha value is -2.96. The third kappa shape index (κ3) is 4.65. The number of nitrogens with two attached hydrogens (primary N) is 1.